The number of rotatable bonds is 1. The van der Waals surface area contributed by atoms with Crippen LogP contribution in [0.15, 0.2) is 28.2 Å². The molecule has 0 saturated carbocycles. The van der Waals surface area contributed by atoms with Crippen LogP contribution in [0.4, 0.5) is 4.39 Å². The molecule has 5 heteroatoms. The molecule has 1 heterocycles. The zero-order chi connectivity index (χ0) is 12.7. The fourth-order valence-electron chi connectivity index (χ4n) is 2.33. The number of carbonyl (C=O) groups excluding carboxylic acids is 1. The van der Waals surface area contributed by atoms with Gasteiger partial charge in [-0.05, 0) is 39.9 Å². The Morgan fingerprint density at radius 2 is 2.11 bits per heavy atom. The molecule has 1 aliphatic rings. The van der Waals surface area contributed by atoms with Crippen LogP contribution in [0.2, 0.25) is 0 Å². The van der Waals surface area contributed by atoms with Crippen LogP contribution in [0.1, 0.15) is 33.3 Å². The summed E-state index contributed by atoms with van der Waals surface area (Å²) in [6, 6.07) is 6.65. The Bertz CT molecular complexity index is 625. The summed E-state index contributed by atoms with van der Waals surface area (Å²) in [6.07, 6.45) is 0.993. The monoisotopic (exact) mass is 325 g/mol. The second-order valence-electron chi connectivity index (χ2n) is 4.29. The highest BCUT2D eigenvalue weighted by Crippen LogP contribution is 2.37. The van der Waals surface area contributed by atoms with E-state index in [2.05, 4.69) is 20.9 Å². The zero-order valence-corrected chi connectivity index (χ0v) is 11.7. The Kier molecular flexibility index (Phi) is 3.03. The second-order valence-corrected chi connectivity index (χ2v) is 6.57. The number of benzene rings is 1. The quantitative estimate of drug-likeness (QED) is 0.794. The van der Waals surface area contributed by atoms with Gasteiger partial charge < -0.3 is 0 Å². The van der Waals surface area contributed by atoms with Gasteiger partial charge in [0.15, 0.2) is 9.70 Å². The van der Waals surface area contributed by atoms with Crippen molar-refractivity contribution in [3.8, 4) is 0 Å². The largest absolute Gasteiger partial charge is 0.293 e. The van der Waals surface area contributed by atoms with Crippen molar-refractivity contribution in [1.29, 1.82) is 0 Å². The summed E-state index contributed by atoms with van der Waals surface area (Å²) in [5.74, 6) is -0.277. The van der Waals surface area contributed by atoms with Crippen LogP contribution in [0, 0.1) is 5.82 Å². The molecule has 0 N–H and O–H groups in total. The molecule has 0 spiro atoms. The molecule has 0 fully saturated rings. The Morgan fingerprint density at radius 3 is 2.89 bits per heavy atom. The van der Waals surface area contributed by atoms with Gasteiger partial charge in [-0.25, -0.2) is 9.37 Å². The summed E-state index contributed by atoms with van der Waals surface area (Å²) in [6.45, 7) is 0. The number of hydrogen-bond donors (Lipinski definition) is 0. The van der Waals surface area contributed by atoms with Gasteiger partial charge in [-0.3, -0.25) is 4.79 Å². The van der Waals surface area contributed by atoms with Crippen molar-refractivity contribution in [3.05, 3.63) is 50.1 Å². The van der Waals surface area contributed by atoms with E-state index < -0.39 is 0 Å². The van der Waals surface area contributed by atoms with Crippen LogP contribution in [0.25, 0.3) is 0 Å². The summed E-state index contributed by atoms with van der Waals surface area (Å²) in [5, 5.41) is 0. The van der Waals surface area contributed by atoms with Crippen LogP contribution in [-0.2, 0) is 6.42 Å². The first-order valence-corrected chi connectivity index (χ1v) is 7.19. The standard InChI is InChI=1S/C13H9BrFNOS/c14-13-16-10-5-7(6-11(17)12(10)18-13)8-3-1-2-4-9(8)15/h1-4,7H,5-6H2/t7-/m1/s1. The fraction of sp³-hybridized carbons (Fsp3) is 0.231. The zero-order valence-electron chi connectivity index (χ0n) is 9.32. The smallest absolute Gasteiger partial charge is 0.175 e. The Balaban J connectivity index is 1.99. The first kappa shape index (κ1) is 12.0. The van der Waals surface area contributed by atoms with Crippen molar-refractivity contribution < 1.29 is 9.18 Å². The van der Waals surface area contributed by atoms with E-state index >= 15 is 0 Å². The van der Waals surface area contributed by atoms with Crippen LogP contribution >= 0.6 is 27.3 Å². The Morgan fingerprint density at radius 1 is 1.33 bits per heavy atom. The van der Waals surface area contributed by atoms with Gasteiger partial charge in [-0.15, -0.1) is 11.3 Å². The number of carbonyl (C=O) groups is 1. The van der Waals surface area contributed by atoms with Gasteiger partial charge in [-0.1, -0.05) is 18.2 Å². The molecule has 18 heavy (non-hydrogen) atoms. The third kappa shape index (κ3) is 2.01. The van der Waals surface area contributed by atoms with Crippen LogP contribution in [0.3, 0.4) is 0 Å². The number of halogens is 2. The molecule has 2 aromatic rings. The Hall–Kier alpha value is -1.07. The van der Waals surface area contributed by atoms with Crippen molar-refractivity contribution >= 4 is 33.0 Å². The molecule has 0 amide bonds. The molecular formula is C13H9BrFNOS. The number of Topliss-reactive ketones (excluding diaryl/α,β-unsaturated/α-hetero) is 1. The molecule has 1 aromatic carbocycles. The number of aromatic nitrogens is 1. The minimum atomic E-state index is -0.243. The maximum atomic E-state index is 13.7. The van der Waals surface area contributed by atoms with Gasteiger partial charge in [-0.2, -0.15) is 0 Å². The molecule has 0 unspecified atom stereocenters. The van der Waals surface area contributed by atoms with Gasteiger partial charge in [0.1, 0.15) is 5.82 Å². The van der Waals surface area contributed by atoms with E-state index in [1.54, 1.807) is 18.2 Å². The third-order valence-corrected chi connectivity index (χ3v) is 4.73. The van der Waals surface area contributed by atoms with E-state index in [0.29, 0.717) is 18.4 Å². The first-order chi connectivity index (χ1) is 8.65. The average molecular weight is 326 g/mol. The van der Waals surface area contributed by atoms with Crippen LogP contribution in [-0.4, -0.2) is 10.8 Å². The van der Waals surface area contributed by atoms with E-state index in [1.165, 1.54) is 17.4 Å². The highest BCUT2D eigenvalue weighted by atomic mass is 79.9. The molecular weight excluding hydrogens is 317 g/mol. The minimum Gasteiger partial charge on any atom is -0.293 e. The van der Waals surface area contributed by atoms with E-state index in [4.69, 9.17) is 0 Å². The number of nitrogens with zero attached hydrogens (tertiary/aromatic N) is 1. The fourth-order valence-corrected chi connectivity index (χ4v) is 3.80. The highest BCUT2D eigenvalue weighted by molar-refractivity contribution is 9.11. The highest BCUT2D eigenvalue weighted by Gasteiger charge is 2.30. The van der Waals surface area contributed by atoms with Crippen molar-refractivity contribution in [2.45, 2.75) is 18.8 Å². The number of ketones is 1. The normalized spacial score (nSPS) is 18.8. The van der Waals surface area contributed by atoms with Gasteiger partial charge in [0.2, 0.25) is 0 Å². The average Bonchev–Trinajstić information content (AvgIpc) is 2.71. The van der Waals surface area contributed by atoms with Crippen molar-refractivity contribution in [2.75, 3.05) is 0 Å². The molecule has 92 valence electrons. The molecule has 1 aliphatic carbocycles. The van der Waals surface area contributed by atoms with Gasteiger partial charge in [0, 0.05) is 6.42 Å². The molecule has 2 nitrogen and oxygen atoms in total. The van der Waals surface area contributed by atoms with Crippen molar-refractivity contribution in [2.24, 2.45) is 0 Å². The molecule has 1 atom stereocenters. The van der Waals surface area contributed by atoms with Crippen molar-refractivity contribution in [1.82, 2.24) is 4.98 Å². The van der Waals surface area contributed by atoms with E-state index in [1.807, 2.05) is 0 Å². The predicted molar refractivity (Wildman–Crippen MR) is 71.6 cm³/mol. The van der Waals surface area contributed by atoms with Gasteiger partial charge >= 0.3 is 0 Å². The lowest BCUT2D eigenvalue weighted by Crippen LogP contribution is -2.18. The molecule has 0 aliphatic heterocycles. The lowest BCUT2D eigenvalue weighted by molar-refractivity contribution is 0.0967. The molecule has 0 radical (unpaired) electrons. The first-order valence-electron chi connectivity index (χ1n) is 5.58. The van der Waals surface area contributed by atoms with E-state index in [-0.39, 0.29) is 17.5 Å². The lowest BCUT2D eigenvalue weighted by Gasteiger charge is -2.20. The molecule has 0 bridgehead atoms. The number of thiazole rings is 1. The summed E-state index contributed by atoms with van der Waals surface area (Å²) in [5.41, 5.74) is 1.40. The maximum Gasteiger partial charge on any atom is 0.175 e. The summed E-state index contributed by atoms with van der Waals surface area (Å²) in [4.78, 5) is 17.0. The predicted octanol–water partition coefficient (Wildman–Crippen LogP) is 3.96. The van der Waals surface area contributed by atoms with E-state index in [9.17, 15) is 9.18 Å². The Labute approximate surface area is 116 Å². The maximum absolute atomic E-state index is 13.7. The summed E-state index contributed by atoms with van der Waals surface area (Å²) in [7, 11) is 0. The van der Waals surface area contributed by atoms with E-state index in [0.717, 1.165) is 14.5 Å². The third-order valence-electron chi connectivity index (χ3n) is 3.14. The van der Waals surface area contributed by atoms with Crippen LogP contribution in [0.5, 0.6) is 0 Å². The molecule has 0 saturated heterocycles. The van der Waals surface area contributed by atoms with Gasteiger partial charge in [0.05, 0.1) is 10.6 Å². The number of fused-ring (bicyclic) bond motifs is 1. The number of hydrogen-bond acceptors (Lipinski definition) is 3. The topological polar surface area (TPSA) is 30.0 Å². The van der Waals surface area contributed by atoms with Gasteiger partial charge in [0.25, 0.3) is 0 Å². The summed E-state index contributed by atoms with van der Waals surface area (Å²) < 4.78 is 14.5. The molecule has 3 rings (SSSR count). The second kappa shape index (κ2) is 4.55. The van der Waals surface area contributed by atoms with Crippen LogP contribution < -0.4 is 0 Å². The lowest BCUT2D eigenvalue weighted by atomic mass is 9.84. The SMILES string of the molecule is O=C1C[C@H](c2ccccc2F)Cc2nc(Br)sc21. The van der Waals surface area contributed by atoms with Crippen molar-refractivity contribution in [3.63, 3.8) is 0 Å². The summed E-state index contributed by atoms with van der Waals surface area (Å²) >= 11 is 4.65. The molecule has 1 aromatic heterocycles. The minimum absolute atomic E-state index is 0.0627.